The summed E-state index contributed by atoms with van der Waals surface area (Å²) in [5, 5.41) is 11.5. The Balaban J connectivity index is 1.39. The van der Waals surface area contributed by atoms with Crippen LogP contribution >= 0.6 is 22.9 Å². The van der Waals surface area contributed by atoms with Crippen LogP contribution in [0.15, 0.2) is 60.8 Å². The van der Waals surface area contributed by atoms with E-state index in [2.05, 4.69) is 45.3 Å². The summed E-state index contributed by atoms with van der Waals surface area (Å²) in [6.45, 7) is 8.38. The van der Waals surface area contributed by atoms with Gasteiger partial charge < -0.3 is 10.2 Å². The summed E-state index contributed by atoms with van der Waals surface area (Å²) in [7, 11) is 0. The molecule has 0 spiro atoms. The Hall–Kier alpha value is -3.27. The SMILES string of the molecule is CC(C)N1CCN(c2cc(C3C=CC=CC3=O)ccc2-n2cc(CNC(=O)c3ccc(Cl)s3)nn2)CC1. The van der Waals surface area contributed by atoms with Crippen LogP contribution in [0.2, 0.25) is 4.34 Å². The molecular weight excluding hydrogens is 508 g/mol. The molecule has 192 valence electrons. The van der Waals surface area contributed by atoms with Gasteiger partial charge in [-0.3, -0.25) is 14.5 Å². The van der Waals surface area contributed by atoms with Gasteiger partial charge in [-0.1, -0.05) is 41.1 Å². The summed E-state index contributed by atoms with van der Waals surface area (Å²) in [5.41, 5.74) is 3.51. The maximum absolute atomic E-state index is 12.6. The van der Waals surface area contributed by atoms with Crippen LogP contribution in [-0.4, -0.2) is 63.8 Å². The molecule has 1 aromatic carbocycles. The molecule has 3 heterocycles. The Morgan fingerprint density at radius 1 is 1.14 bits per heavy atom. The van der Waals surface area contributed by atoms with E-state index in [1.54, 1.807) is 29.0 Å². The molecule has 10 heteroatoms. The maximum Gasteiger partial charge on any atom is 0.261 e. The van der Waals surface area contributed by atoms with E-state index in [9.17, 15) is 9.59 Å². The van der Waals surface area contributed by atoms with Crippen molar-refractivity contribution in [2.24, 2.45) is 0 Å². The van der Waals surface area contributed by atoms with Gasteiger partial charge in [0.1, 0.15) is 5.69 Å². The number of ketones is 1. The number of anilines is 1. The van der Waals surface area contributed by atoms with E-state index in [1.165, 1.54) is 11.3 Å². The summed E-state index contributed by atoms with van der Waals surface area (Å²) in [5.74, 6) is -0.405. The molecule has 8 nitrogen and oxygen atoms in total. The van der Waals surface area contributed by atoms with Crippen LogP contribution in [0.3, 0.4) is 0 Å². The molecule has 1 saturated heterocycles. The number of aromatic nitrogens is 3. The van der Waals surface area contributed by atoms with E-state index in [0.717, 1.165) is 43.1 Å². The van der Waals surface area contributed by atoms with Crippen LogP contribution in [0.4, 0.5) is 5.69 Å². The fourth-order valence-electron chi connectivity index (χ4n) is 4.65. The number of amides is 1. The third-order valence-electron chi connectivity index (χ3n) is 6.74. The van der Waals surface area contributed by atoms with Gasteiger partial charge in [0.05, 0.1) is 39.2 Å². The Kier molecular flexibility index (Phi) is 7.55. The molecular formula is C27H29ClN6O2S. The number of halogens is 1. The van der Waals surface area contributed by atoms with Crippen LogP contribution in [0, 0.1) is 0 Å². The predicted molar refractivity (Wildman–Crippen MR) is 147 cm³/mol. The lowest BCUT2D eigenvalue weighted by molar-refractivity contribution is -0.115. The van der Waals surface area contributed by atoms with Crippen LogP contribution in [0.1, 0.15) is 40.7 Å². The van der Waals surface area contributed by atoms with Gasteiger partial charge in [0.15, 0.2) is 5.78 Å². The van der Waals surface area contributed by atoms with E-state index in [-0.39, 0.29) is 24.2 Å². The standard InChI is InChI=1S/C27H29ClN6O2S/c1-18(2)32-11-13-33(14-12-32)23-15-19(21-5-3-4-6-24(21)35)7-8-22(23)34-17-20(30-31-34)16-29-27(36)25-9-10-26(28)37-25/h3-10,15,17-18,21H,11-14,16H2,1-2H3,(H,29,36). The van der Waals surface area contributed by atoms with Gasteiger partial charge in [0.25, 0.3) is 5.91 Å². The van der Waals surface area contributed by atoms with Crippen molar-refractivity contribution in [2.75, 3.05) is 31.1 Å². The van der Waals surface area contributed by atoms with Crippen molar-refractivity contribution in [1.29, 1.82) is 0 Å². The summed E-state index contributed by atoms with van der Waals surface area (Å²) in [6, 6.07) is 10.0. The van der Waals surface area contributed by atoms with Crippen molar-refractivity contribution in [1.82, 2.24) is 25.2 Å². The fourth-order valence-corrected chi connectivity index (χ4v) is 5.61. The zero-order valence-electron chi connectivity index (χ0n) is 20.8. The lowest BCUT2D eigenvalue weighted by Crippen LogP contribution is -2.49. The van der Waals surface area contributed by atoms with E-state index in [1.807, 2.05) is 30.5 Å². The van der Waals surface area contributed by atoms with E-state index < -0.39 is 0 Å². The highest BCUT2D eigenvalue weighted by molar-refractivity contribution is 7.18. The third-order valence-corrected chi connectivity index (χ3v) is 7.97. The molecule has 5 rings (SSSR count). The summed E-state index contributed by atoms with van der Waals surface area (Å²) >= 11 is 7.18. The molecule has 1 N–H and O–H groups in total. The predicted octanol–water partition coefficient (Wildman–Crippen LogP) is 4.22. The van der Waals surface area contributed by atoms with Gasteiger partial charge in [-0.05, 0) is 49.8 Å². The molecule has 1 fully saturated rings. The molecule has 1 amide bonds. The van der Waals surface area contributed by atoms with Crippen molar-refractivity contribution in [2.45, 2.75) is 32.4 Å². The Morgan fingerprint density at radius 2 is 1.95 bits per heavy atom. The molecule has 3 aromatic rings. The number of carbonyl (C=O) groups excluding carboxylic acids is 2. The van der Waals surface area contributed by atoms with Crippen molar-refractivity contribution in [3.8, 4) is 5.69 Å². The second-order valence-electron chi connectivity index (χ2n) is 9.43. The number of carbonyl (C=O) groups is 2. The topological polar surface area (TPSA) is 83.4 Å². The average Bonchev–Trinajstić information content (AvgIpc) is 3.56. The molecule has 0 radical (unpaired) electrons. The first-order valence-electron chi connectivity index (χ1n) is 12.4. The molecule has 2 aromatic heterocycles. The normalized spacial score (nSPS) is 18.1. The number of nitrogens with one attached hydrogen (secondary N) is 1. The smallest absolute Gasteiger partial charge is 0.261 e. The number of rotatable bonds is 7. The summed E-state index contributed by atoms with van der Waals surface area (Å²) in [4.78, 5) is 30.3. The monoisotopic (exact) mass is 536 g/mol. The van der Waals surface area contributed by atoms with Crippen LogP contribution in [0.25, 0.3) is 5.69 Å². The lowest BCUT2D eigenvalue weighted by Gasteiger charge is -2.39. The first kappa shape index (κ1) is 25.4. The highest BCUT2D eigenvalue weighted by Crippen LogP contribution is 2.32. The summed E-state index contributed by atoms with van der Waals surface area (Å²) in [6.07, 6.45) is 9.10. The molecule has 2 aliphatic rings. The molecule has 1 aliphatic carbocycles. The molecule has 1 unspecified atom stereocenters. The van der Waals surface area contributed by atoms with Crippen LogP contribution in [0.5, 0.6) is 0 Å². The average molecular weight is 537 g/mol. The number of hydrogen-bond acceptors (Lipinski definition) is 7. The number of hydrogen-bond donors (Lipinski definition) is 1. The minimum absolute atomic E-state index is 0.0802. The van der Waals surface area contributed by atoms with Crippen molar-refractivity contribution < 1.29 is 9.59 Å². The van der Waals surface area contributed by atoms with Crippen LogP contribution < -0.4 is 10.2 Å². The molecule has 0 saturated carbocycles. The first-order valence-corrected chi connectivity index (χ1v) is 13.6. The zero-order chi connectivity index (χ0) is 25.9. The van der Waals surface area contributed by atoms with Crippen molar-refractivity contribution in [3.05, 3.63) is 81.3 Å². The Labute approximate surface area is 225 Å². The van der Waals surface area contributed by atoms with Crippen molar-refractivity contribution >= 4 is 40.3 Å². The molecule has 1 aliphatic heterocycles. The van der Waals surface area contributed by atoms with Gasteiger partial charge >= 0.3 is 0 Å². The third kappa shape index (κ3) is 5.69. The number of nitrogens with zero attached hydrogens (tertiary/aromatic N) is 5. The fraction of sp³-hybridized carbons (Fsp3) is 0.333. The summed E-state index contributed by atoms with van der Waals surface area (Å²) < 4.78 is 2.32. The number of allylic oxidation sites excluding steroid dienone is 4. The van der Waals surface area contributed by atoms with Gasteiger partial charge in [-0.15, -0.1) is 16.4 Å². The Morgan fingerprint density at radius 3 is 2.65 bits per heavy atom. The molecule has 0 bridgehead atoms. The van der Waals surface area contributed by atoms with Crippen molar-refractivity contribution in [3.63, 3.8) is 0 Å². The minimum atomic E-state index is -0.290. The highest BCUT2D eigenvalue weighted by atomic mass is 35.5. The Bertz CT molecular complexity index is 1350. The van der Waals surface area contributed by atoms with Gasteiger partial charge in [0, 0.05) is 32.2 Å². The number of benzene rings is 1. The highest BCUT2D eigenvalue weighted by Gasteiger charge is 2.25. The zero-order valence-corrected chi connectivity index (χ0v) is 22.4. The van der Waals surface area contributed by atoms with E-state index >= 15 is 0 Å². The minimum Gasteiger partial charge on any atom is -0.367 e. The lowest BCUT2D eigenvalue weighted by atomic mass is 9.90. The second kappa shape index (κ2) is 11.0. The molecule has 1 atom stereocenters. The largest absolute Gasteiger partial charge is 0.367 e. The van der Waals surface area contributed by atoms with E-state index in [4.69, 9.17) is 11.6 Å². The molecule has 37 heavy (non-hydrogen) atoms. The number of thiophene rings is 1. The second-order valence-corrected chi connectivity index (χ2v) is 11.1. The van der Waals surface area contributed by atoms with Crippen LogP contribution in [-0.2, 0) is 11.3 Å². The first-order chi connectivity index (χ1) is 17.9. The maximum atomic E-state index is 12.6. The van der Waals surface area contributed by atoms with Gasteiger partial charge in [-0.2, -0.15) is 0 Å². The van der Waals surface area contributed by atoms with Gasteiger partial charge in [-0.25, -0.2) is 4.68 Å². The van der Waals surface area contributed by atoms with E-state index in [0.29, 0.717) is 20.9 Å². The quantitative estimate of drug-likeness (QED) is 0.487. The number of piperazine rings is 1. The van der Waals surface area contributed by atoms with Gasteiger partial charge in [0.2, 0.25) is 0 Å².